The molecule has 2 atom stereocenters. The molecule has 1 fully saturated rings. The molecule has 2 aliphatic heterocycles. The summed E-state index contributed by atoms with van der Waals surface area (Å²) >= 11 is 0. The highest BCUT2D eigenvalue weighted by molar-refractivity contribution is 5.20. The number of hydrogen-bond acceptors (Lipinski definition) is 2. The van der Waals surface area contributed by atoms with Crippen LogP contribution in [0.3, 0.4) is 0 Å². The van der Waals surface area contributed by atoms with Crippen molar-refractivity contribution in [3.05, 3.63) is 47.5 Å². The minimum atomic E-state index is 0.477. The van der Waals surface area contributed by atoms with E-state index in [1.165, 1.54) is 102 Å². The fourth-order valence-corrected chi connectivity index (χ4v) is 5.35. The highest BCUT2D eigenvalue weighted by Gasteiger charge is 2.34. The highest BCUT2D eigenvalue weighted by Crippen LogP contribution is 2.31. The number of fused-ring (bicyclic) bond motifs is 2. The molecule has 2 heterocycles. The summed E-state index contributed by atoms with van der Waals surface area (Å²) in [5.74, 6) is 0. The molecular formula is C29H47NO. The van der Waals surface area contributed by atoms with Crippen LogP contribution in [0.15, 0.2) is 42.0 Å². The average molecular weight is 426 g/mol. The number of morpholine rings is 1. The van der Waals surface area contributed by atoms with Crippen LogP contribution in [0.2, 0.25) is 0 Å². The standard InChI is InChI=1S/C29H47NO/c1-2-3-4-5-6-7-8-9-10-11-12-13-15-20-27-21-28-24-31-25-29(22-27)30(28)23-26-18-16-14-17-19-26/h14,16-19,21,28-29H,2-13,15,20,22-25H2,1H3. The topological polar surface area (TPSA) is 12.5 Å². The predicted octanol–water partition coefficient (Wildman–Crippen LogP) is 8.07. The van der Waals surface area contributed by atoms with Crippen LogP contribution >= 0.6 is 0 Å². The Hall–Kier alpha value is -1.12. The molecular weight excluding hydrogens is 378 g/mol. The zero-order valence-electron chi connectivity index (χ0n) is 20.2. The lowest BCUT2D eigenvalue weighted by molar-refractivity contribution is -0.0442. The maximum atomic E-state index is 5.89. The van der Waals surface area contributed by atoms with Crippen molar-refractivity contribution in [2.75, 3.05) is 13.2 Å². The Morgan fingerprint density at radius 3 is 2.00 bits per heavy atom. The lowest BCUT2D eigenvalue weighted by Gasteiger charge is -2.45. The van der Waals surface area contributed by atoms with E-state index in [1.807, 2.05) is 0 Å². The van der Waals surface area contributed by atoms with Gasteiger partial charge in [-0.05, 0) is 24.8 Å². The van der Waals surface area contributed by atoms with E-state index in [2.05, 4.69) is 48.2 Å². The van der Waals surface area contributed by atoms with Gasteiger partial charge in [-0.2, -0.15) is 0 Å². The first-order valence-electron chi connectivity index (χ1n) is 13.4. The number of rotatable bonds is 16. The maximum Gasteiger partial charge on any atom is 0.0658 e. The van der Waals surface area contributed by atoms with E-state index in [-0.39, 0.29) is 0 Å². The van der Waals surface area contributed by atoms with Gasteiger partial charge in [0.1, 0.15) is 0 Å². The summed E-state index contributed by atoms with van der Waals surface area (Å²) in [6.45, 7) is 5.12. The van der Waals surface area contributed by atoms with Crippen molar-refractivity contribution < 1.29 is 4.74 Å². The monoisotopic (exact) mass is 425 g/mol. The number of nitrogens with zero attached hydrogens (tertiary/aromatic N) is 1. The maximum absolute atomic E-state index is 5.89. The molecule has 0 spiro atoms. The van der Waals surface area contributed by atoms with Crippen LogP contribution in [-0.4, -0.2) is 30.2 Å². The van der Waals surface area contributed by atoms with Crippen LogP contribution in [0.25, 0.3) is 0 Å². The molecule has 1 aromatic carbocycles. The zero-order valence-corrected chi connectivity index (χ0v) is 20.2. The second kappa shape index (κ2) is 14.9. The summed E-state index contributed by atoms with van der Waals surface area (Å²) in [6.07, 6.45) is 23.7. The van der Waals surface area contributed by atoms with E-state index >= 15 is 0 Å². The summed E-state index contributed by atoms with van der Waals surface area (Å²) in [6, 6.07) is 12.0. The minimum Gasteiger partial charge on any atom is -0.378 e. The third-order valence-electron chi connectivity index (χ3n) is 7.23. The number of unbranched alkanes of at least 4 members (excludes halogenated alkanes) is 12. The van der Waals surface area contributed by atoms with Gasteiger partial charge < -0.3 is 4.74 Å². The average Bonchev–Trinajstić information content (AvgIpc) is 2.78. The Labute approximate surface area is 192 Å². The Balaban J connectivity index is 1.24. The second-order valence-electron chi connectivity index (χ2n) is 9.94. The van der Waals surface area contributed by atoms with E-state index in [0.29, 0.717) is 12.1 Å². The van der Waals surface area contributed by atoms with Gasteiger partial charge in [0.15, 0.2) is 0 Å². The summed E-state index contributed by atoms with van der Waals surface area (Å²) in [5, 5.41) is 0. The molecule has 1 aromatic rings. The van der Waals surface area contributed by atoms with Crippen molar-refractivity contribution in [2.45, 2.75) is 122 Å². The molecule has 174 valence electrons. The second-order valence-corrected chi connectivity index (χ2v) is 9.94. The van der Waals surface area contributed by atoms with E-state index in [9.17, 15) is 0 Å². The molecule has 0 radical (unpaired) electrons. The molecule has 0 aromatic heterocycles. The molecule has 0 N–H and O–H groups in total. The molecule has 2 bridgehead atoms. The van der Waals surface area contributed by atoms with Crippen LogP contribution in [0.1, 0.15) is 109 Å². The molecule has 3 rings (SSSR count). The molecule has 2 aliphatic rings. The van der Waals surface area contributed by atoms with E-state index in [0.717, 1.165) is 19.8 Å². The Morgan fingerprint density at radius 1 is 0.774 bits per heavy atom. The van der Waals surface area contributed by atoms with Crippen molar-refractivity contribution in [1.29, 1.82) is 0 Å². The fourth-order valence-electron chi connectivity index (χ4n) is 5.35. The molecule has 2 unspecified atom stereocenters. The van der Waals surface area contributed by atoms with Gasteiger partial charge in [-0.1, -0.05) is 126 Å². The van der Waals surface area contributed by atoms with E-state index in [4.69, 9.17) is 4.74 Å². The van der Waals surface area contributed by atoms with Gasteiger partial charge in [0.2, 0.25) is 0 Å². The fraction of sp³-hybridized carbons (Fsp3) is 0.724. The molecule has 1 saturated heterocycles. The molecule has 0 saturated carbocycles. The Bertz CT molecular complexity index is 610. The molecule has 2 heteroatoms. The van der Waals surface area contributed by atoms with Crippen molar-refractivity contribution >= 4 is 0 Å². The number of benzene rings is 1. The van der Waals surface area contributed by atoms with Gasteiger partial charge in [0, 0.05) is 12.6 Å². The van der Waals surface area contributed by atoms with Crippen LogP contribution < -0.4 is 0 Å². The quantitative estimate of drug-likeness (QED) is 0.196. The smallest absolute Gasteiger partial charge is 0.0658 e. The van der Waals surface area contributed by atoms with Crippen LogP contribution in [0.4, 0.5) is 0 Å². The van der Waals surface area contributed by atoms with Crippen molar-refractivity contribution in [1.82, 2.24) is 4.90 Å². The van der Waals surface area contributed by atoms with Gasteiger partial charge >= 0.3 is 0 Å². The van der Waals surface area contributed by atoms with Crippen LogP contribution in [0, 0.1) is 0 Å². The molecule has 31 heavy (non-hydrogen) atoms. The number of ether oxygens (including phenoxy) is 1. The SMILES string of the molecule is CCCCCCCCCCCCCCCC1=CC2COCC(C1)N2Cc1ccccc1. The lowest BCUT2D eigenvalue weighted by Crippen LogP contribution is -2.53. The van der Waals surface area contributed by atoms with Crippen molar-refractivity contribution in [3.63, 3.8) is 0 Å². The van der Waals surface area contributed by atoms with Gasteiger partial charge in [0.25, 0.3) is 0 Å². The van der Waals surface area contributed by atoms with Crippen LogP contribution in [0.5, 0.6) is 0 Å². The predicted molar refractivity (Wildman–Crippen MR) is 133 cm³/mol. The Morgan fingerprint density at radius 2 is 1.39 bits per heavy atom. The van der Waals surface area contributed by atoms with E-state index < -0.39 is 0 Å². The normalized spacial score (nSPS) is 21.3. The molecule has 2 nitrogen and oxygen atoms in total. The van der Waals surface area contributed by atoms with Gasteiger partial charge in [-0.25, -0.2) is 0 Å². The number of hydrogen-bond donors (Lipinski definition) is 0. The Kier molecular flexibility index (Phi) is 11.7. The van der Waals surface area contributed by atoms with Crippen molar-refractivity contribution in [2.24, 2.45) is 0 Å². The summed E-state index contributed by atoms with van der Waals surface area (Å²) in [4.78, 5) is 2.67. The summed E-state index contributed by atoms with van der Waals surface area (Å²) in [7, 11) is 0. The first-order chi connectivity index (χ1) is 15.4. The van der Waals surface area contributed by atoms with Gasteiger partial charge in [-0.15, -0.1) is 0 Å². The highest BCUT2D eigenvalue weighted by atomic mass is 16.5. The minimum absolute atomic E-state index is 0.477. The van der Waals surface area contributed by atoms with Gasteiger partial charge in [0.05, 0.1) is 19.3 Å². The largest absolute Gasteiger partial charge is 0.378 e. The first-order valence-corrected chi connectivity index (χ1v) is 13.4. The third-order valence-corrected chi connectivity index (χ3v) is 7.23. The van der Waals surface area contributed by atoms with Crippen molar-refractivity contribution in [3.8, 4) is 0 Å². The first kappa shape index (κ1) is 24.5. The molecule has 0 aliphatic carbocycles. The van der Waals surface area contributed by atoms with E-state index in [1.54, 1.807) is 5.57 Å². The lowest BCUT2D eigenvalue weighted by atomic mass is 9.90. The summed E-state index contributed by atoms with van der Waals surface area (Å²) in [5.41, 5.74) is 3.12. The van der Waals surface area contributed by atoms with Crippen LogP contribution in [-0.2, 0) is 11.3 Å². The molecule has 0 amide bonds. The zero-order chi connectivity index (χ0) is 21.6. The van der Waals surface area contributed by atoms with Gasteiger partial charge in [-0.3, -0.25) is 4.90 Å². The summed E-state index contributed by atoms with van der Waals surface area (Å²) < 4.78 is 5.89. The third kappa shape index (κ3) is 9.10.